The average Bonchev–Trinajstić information content (AvgIpc) is 3.36. The lowest BCUT2D eigenvalue weighted by atomic mass is 9.98. The van der Waals surface area contributed by atoms with Crippen molar-refractivity contribution in [3.05, 3.63) is 109 Å². The molecule has 0 radical (unpaired) electrons. The maximum atomic E-state index is 13.0. The highest BCUT2D eigenvalue weighted by Crippen LogP contribution is 2.26. The van der Waals surface area contributed by atoms with E-state index < -0.39 is 99.3 Å². The molecule has 11 atom stereocenters. The van der Waals surface area contributed by atoms with E-state index in [0.717, 1.165) is 96.3 Å². The molecule has 15 heteroatoms. The number of unbranched alkanes of at least 4 members (excludes halogenated alkanes) is 8. The van der Waals surface area contributed by atoms with E-state index in [9.17, 15) is 45.3 Å². The largest absolute Gasteiger partial charge is 0.462 e. The number of hydrogen-bond donors (Lipinski definition) is 7. The monoisotopic (exact) mass is 1000 g/mol. The van der Waals surface area contributed by atoms with Crippen molar-refractivity contribution in [2.75, 3.05) is 26.4 Å². The Kier molecular flexibility index (Phi) is 37.1. The first-order valence-corrected chi connectivity index (χ1v) is 26.0. The number of carbonyl (C=O) groups excluding carboxylic acids is 2. The molecule has 5 unspecified atom stereocenters. The van der Waals surface area contributed by atoms with E-state index in [0.29, 0.717) is 12.8 Å². The number of aliphatic hydroxyl groups excluding tert-OH is 7. The first-order chi connectivity index (χ1) is 34.5. The fourth-order valence-corrected chi connectivity index (χ4v) is 7.34. The number of carbonyl (C=O) groups is 2. The van der Waals surface area contributed by atoms with Gasteiger partial charge in [0.1, 0.15) is 55.4 Å². The van der Waals surface area contributed by atoms with E-state index in [1.165, 1.54) is 0 Å². The summed E-state index contributed by atoms with van der Waals surface area (Å²) in [5.41, 5.74) is 0. The van der Waals surface area contributed by atoms with Crippen LogP contribution in [-0.2, 0) is 38.0 Å². The van der Waals surface area contributed by atoms with Gasteiger partial charge in [0.15, 0.2) is 18.7 Å². The van der Waals surface area contributed by atoms with Crippen LogP contribution in [0.1, 0.15) is 136 Å². The van der Waals surface area contributed by atoms with Crippen molar-refractivity contribution in [2.45, 2.75) is 203 Å². The summed E-state index contributed by atoms with van der Waals surface area (Å²) in [6, 6.07) is 0. The third-order valence-electron chi connectivity index (χ3n) is 11.6. The van der Waals surface area contributed by atoms with Crippen molar-refractivity contribution in [3.8, 4) is 0 Å². The summed E-state index contributed by atoms with van der Waals surface area (Å²) in [5, 5.41) is 72.1. The fraction of sp³-hybridized carbons (Fsp3) is 0.643. The van der Waals surface area contributed by atoms with Crippen LogP contribution in [0.2, 0.25) is 0 Å². The Morgan fingerprint density at radius 3 is 1.49 bits per heavy atom. The molecule has 2 aliphatic rings. The van der Waals surface area contributed by atoms with Gasteiger partial charge in [-0.15, -0.1) is 0 Å². The summed E-state index contributed by atoms with van der Waals surface area (Å²) >= 11 is 0. The van der Waals surface area contributed by atoms with E-state index in [-0.39, 0.29) is 19.4 Å². The Morgan fingerprint density at radius 1 is 0.465 bits per heavy atom. The number of hydrogen-bond acceptors (Lipinski definition) is 15. The van der Waals surface area contributed by atoms with E-state index in [1.54, 1.807) is 0 Å². The molecule has 0 bridgehead atoms. The zero-order valence-electron chi connectivity index (χ0n) is 42.4. The van der Waals surface area contributed by atoms with E-state index in [4.69, 9.17) is 28.4 Å². The molecule has 2 rings (SSSR count). The highest BCUT2D eigenvalue weighted by Gasteiger charge is 2.47. The highest BCUT2D eigenvalue weighted by atomic mass is 16.7. The van der Waals surface area contributed by atoms with Gasteiger partial charge in [-0.3, -0.25) is 9.59 Å². The molecule has 7 N–H and O–H groups in total. The van der Waals surface area contributed by atoms with Crippen molar-refractivity contribution in [1.29, 1.82) is 0 Å². The zero-order chi connectivity index (χ0) is 51.7. The van der Waals surface area contributed by atoms with Crippen molar-refractivity contribution in [2.24, 2.45) is 0 Å². The summed E-state index contributed by atoms with van der Waals surface area (Å²) in [4.78, 5) is 25.8. The van der Waals surface area contributed by atoms with Crippen LogP contribution in [0.3, 0.4) is 0 Å². The average molecular weight is 1000 g/mol. The SMILES string of the molecule is CC/C=C/C=C/C=C/CCCCCCCC(=O)OC(COC(=O)CCCCC/C=C/C/C=C/C/C=C/C/C=C/C/C=C/C/C=C/CC)CO[C@@H]1O[C@H](CO[C@@H]2O[C@H](CO)[C@H](O)C(O)C2O)[C@H](O)C(O)C1O. The predicted molar refractivity (Wildman–Crippen MR) is 275 cm³/mol. The fourth-order valence-electron chi connectivity index (χ4n) is 7.34. The predicted octanol–water partition coefficient (Wildman–Crippen LogP) is 7.54. The molecule has 2 fully saturated rings. The first-order valence-electron chi connectivity index (χ1n) is 26.0. The lowest BCUT2D eigenvalue weighted by Gasteiger charge is -2.42. The molecule has 2 saturated heterocycles. The van der Waals surface area contributed by atoms with Gasteiger partial charge in [0.25, 0.3) is 0 Å². The smallest absolute Gasteiger partial charge is 0.306 e. The molecule has 71 heavy (non-hydrogen) atoms. The van der Waals surface area contributed by atoms with E-state index in [1.807, 2.05) is 24.3 Å². The molecule has 0 spiro atoms. The quantitative estimate of drug-likeness (QED) is 0.0137. The molecule has 2 aliphatic heterocycles. The van der Waals surface area contributed by atoms with Crippen molar-refractivity contribution < 1.29 is 73.8 Å². The number of esters is 2. The lowest BCUT2D eigenvalue weighted by molar-refractivity contribution is -0.332. The minimum absolute atomic E-state index is 0.127. The van der Waals surface area contributed by atoms with Crippen LogP contribution >= 0.6 is 0 Å². The van der Waals surface area contributed by atoms with Crippen molar-refractivity contribution in [3.63, 3.8) is 0 Å². The molecule has 0 aromatic carbocycles. The second-order valence-corrected chi connectivity index (χ2v) is 17.6. The summed E-state index contributed by atoms with van der Waals surface area (Å²) in [7, 11) is 0. The minimum atomic E-state index is -1.78. The molecule has 0 aliphatic carbocycles. The topological polar surface area (TPSA) is 231 Å². The number of allylic oxidation sites excluding steroid dienone is 18. The molecule has 0 aromatic heterocycles. The summed E-state index contributed by atoms with van der Waals surface area (Å²) in [6.45, 7) is 2.25. The van der Waals surface area contributed by atoms with E-state index >= 15 is 0 Å². The summed E-state index contributed by atoms with van der Waals surface area (Å²) < 4.78 is 33.5. The van der Waals surface area contributed by atoms with Crippen LogP contribution in [0.5, 0.6) is 0 Å². The van der Waals surface area contributed by atoms with Gasteiger partial charge in [-0.25, -0.2) is 0 Å². The molecular formula is C56H88O15. The normalized spacial score (nSPS) is 26.1. The molecule has 15 nitrogen and oxygen atoms in total. The van der Waals surface area contributed by atoms with Crippen molar-refractivity contribution in [1.82, 2.24) is 0 Å². The van der Waals surface area contributed by atoms with Crippen molar-refractivity contribution >= 4 is 11.9 Å². The number of rotatable bonds is 38. The van der Waals surface area contributed by atoms with Crippen LogP contribution in [-0.4, -0.2) is 142 Å². The van der Waals surface area contributed by atoms with Gasteiger partial charge >= 0.3 is 11.9 Å². The zero-order valence-corrected chi connectivity index (χ0v) is 42.4. The molecule has 0 saturated carbocycles. The summed E-state index contributed by atoms with van der Waals surface area (Å²) in [6.07, 6.45) is 36.9. The molecule has 402 valence electrons. The van der Waals surface area contributed by atoms with Crippen LogP contribution < -0.4 is 0 Å². The van der Waals surface area contributed by atoms with Gasteiger partial charge in [0.2, 0.25) is 0 Å². The van der Waals surface area contributed by atoms with Crippen LogP contribution in [0, 0.1) is 0 Å². The molecule has 0 amide bonds. The molecular weight excluding hydrogens is 913 g/mol. The molecule has 2 heterocycles. The third-order valence-corrected chi connectivity index (χ3v) is 11.6. The Morgan fingerprint density at radius 2 is 0.915 bits per heavy atom. The Hall–Kier alpha value is -3.84. The van der Waals surface area contributed by atoms with Gasteiger partial charge in [0, 0.05) is 12.8 Å². The number of aliphatic hydroxyl groups is 7. The molecule has 0 aromatic rings. The Balaban J connectivity index is 1.81. The maximum Gasteiger partial charge on any atom is 0.306 e. The summed E-state index contributed by atoms with van der Waals surface area (Å²) in [5.74, 6) is -1.00. The van der Waals surface area contributed by atoms with Gasteiger partial charge in [-0.05, 0) is 83.5 Å². The Bertz CT molecular complexity index is 1650. The Labute approximate surface area is 423 Å². The lowest BCUT2D eigenvalue weighted by Crippen LogP contribution is -2.61. The standard InChI is InChI=1S/C56H88O15/c1-3-5-7-9-11-13-15-17-18-19-20-21-22-23-24-25-27-28-30-32-34-36-38-47(58)66-41-44(69-48(59)39-37-35-33-31-29-26-16-14-12-10-8-6-4-2)42-67-55-54(65)52(63)50(61)46(71-55)43-68-56-53(64)51(62)49(60)45(40-57)70-56/h5-8,10-14,16-18,20-21,23-24,27-28,44-46,49-57,60-65H,3-4,9,15,19,22,25-26,29-43H2,1-2H3/b7-5+,8-6+,12-10+,13-11+,16-14+,18-17+,21-20+,24-23+,28-27+/t44?,45-,46-,49+,50+,51?,52?,53?,54?,55-,56-/m1/s1. The third kappa shape index (κ3) is 29.5. The second-order valence-electron chi connectivity index (χ2n) is 17.6. The number of ether oxygens (including phenoxy) is 6. The van der Waals surface area contributed by atoms with Crippen LogP contribution in [0.25, 0.3) is 0 Å². The van der Waals surface area contributed by atoms with Gasteiger partial charge < -0.3 is 64.2 Å². The minimum Gasteiger partial charge on any atom is -0.462 e. The first kappa shape index (κ1) is 63.3. The van der Waals surface area contributed by atoms with Gasteiger partial charge in [-0.1, -0.05) is 149 Å². The van der Waals surface area contributed by atoms with E-state index in [2.05, 4.69) is 98.9 Å². The van der Waals surface area contributed by atoms with Gasteiger partial charge in [-0.2, -0.15) is 0 Å². The van der Waals surface area contributed by atoms with Crippen LogP contribution in [0.15, 0.2) is 109 Å². The highest BCUT2D eigenvalue weighted by molar-refractivity contribution is 5.70. The maximum absolute atomic E-state index is 13.0. The second kappa shape index (κ2) is 41.6. The van der Waals surface area contributed by atoms with Crippen LogP contribution in [0.4, 0.5) is 0 Å². The van der Waals surface area contributed by atoms with Gasteiger partial charge in [0.05, 0.1) is 19.8 Å².